The molecule has 0 spiro atoms. The molecule has 0 fully saturated rings. The van der Waals surface area contributed by atoms with Gasteiger partial charge in [0.2, 0.25) is 0 Å². The van der Waals surface area contributed by atoms with Crippen molar-refractivity contribution in [2.45, 2.75) is 0 Å². The van der Waals surface area contributed by atoms with Crippen LogP contribution in [-0.4, -0.2) is 12.5 Å². The van der Waals surface area contributed by atoms with Crippen molar-refractivity contribution in [1.82, 2.24) is 0 Å². The highest BCUT2D eigenvalue weighted by Crippen LogP contribution is 2.20. The molecule has 0 saturated heterocycles. The Hall–Kier alpha value is -0.730. The van der Waals surface area contributed by atoms with Crippen LogP contribution in [0.15, 0.2) is 30.4 Å². The molecule has 1 aromatic rings. The van der Waals surface area contributed by atoms with Crippen molar-refractivity contribution in [2.24, 2.45) is 0 Å². The zero-order valence-corrected chi connectivity index (χ0v) is 8.85. The summed E-state index contributed by atoms with van der Waals surface area (Å²) >= 11 is 10.9. The first-order valence-corrected chi connectivity index (χ1v) is 4.94. The van der Waals surface area contributed by atoms with Crippen LogP contribution in [-0.2, 0) is 0 Å². The highest BCUT2D eigenvalue weighted by Gasteiger charge is 2.00. The summed E-state index contributed by atoms with van der Waals surface area (Å²) < 4.78 is 18.1. The first-order valence-electron chi connectivity index (χ1n) is 4.03. The van der Waals surface area contributed by atoms with E-state index in [0.29, 0.717) is 18.2 Å². The van der Waals surface area contributed by atoms with Gasteiger partial charge in [0, 0.05) is 11.9 Å². The minimum Gasteiger partial charge on any atom is -0.489 e. The lowest BCUT2D eigenvalue weighted by Crippen LogP contribution is -1.93. The highest BCUT2D eigenvalue weighted by atomic mass is 35.5. The molecule has 0 aromatic heterocycles. The molecular weight excluding hydrogens is 226 g/mol. The second-order valence-corrected chi connectivity index (χ2v) is 3.23. The van der Waals surface area contributed by atoms with Gasteiger partial charge in [0.05, 0.1) is 5.02 Å². The van der Waals surface area contributed by atoms with E-state index in [4.69, 9.17) is 27.9 Å². The molecule has 0 radical (unpaired) electrons. The zero-order chi connectivity index (χ0) is 10.4. The van der Waals surface area contributed by atoms with E-state index in [0.717, 1.165) is 0 Å². The molecule has 0 atom stereocenters. The van der Waals surface area contributed by atoms with Gasteiger partial charge in [-0.3, -0.25) is 0 Å². The average Bonchev–Trinajstić information content (AvgIpc) is 2.18. The summed E-state index contributed by atoms with van der Waals surface area (Å²) in [7, 11) is 0. The molecule has 0 heterocycles. The van der Waals surface area contributed by atoms with E-state index in [2.05, 4.69) is 0 Å². The van der Waals surface area contributed by atoms with Gasteiger partial charge in [-0.2, -0.15) is 0 Å². The predicted octanol–water partition coefficient (Wildman–Crippen LogP) is 3.65. The second-order valence-electron chi connectivity index (χ2n) is 2.51. The molecule has 0 N–H and O–H groups in total. The topological polar surface area (TPSA) is 9.23 Å². The highest BCUT2D eigenvalue weighted by molar-refractivity contribution is 6.30. The molecule has 0 bridgehead atoms. The lowest BCUT2D eigenvalue weighted by atomic mass is 10.3. The van der Waals surface area contributed by atoms with Crippen molar-refractivity contribution in [3.8, 4) is 5.75 Å². The molecule has 0 amide bonds. The first kappa shape index (κ1) is 11.3. The number of rotatable bonds is 4. The standard InChI is InChI=1S/C10H9Cl2FO/c11-5-1-2-6-14-8-3-4-9(12)10(13)7-8/h1-4,7H,5-6H2/b2-1+. The number of ether oxygens (including phenoxy) is 1. The summed E-state index contributed by atoms with van der Waals surface area (Å²) in [6.07, 6.45) is 3.52. The van der Waals surface area contributed by atoms with Gasteiger partial charge in [-0.15, -0.1) is 11.6 Å². The van der Waals surface area contributed by atoms with E-state index < -0.39 is 5.82 Å². The quantitative estimate of drug-likeness (QED) is 0.571. The van der Waals surface area contributed by atoms with E-state index in [1.54, 1.807) is 18.2 Å². The van der Waals surface area contributed by atoms with Crippen LogP contribution in [0, 0.1) is 5.82 Å². The Kier molecular flexibility index (Phi) is 4.77. The van der Waals surface area contributed by atoms with Crippen molar-refractivity contribution in [1.29, 1.82) is 0 Å². The number of alkyl halides is 1. The van der Waals surface area contributed by atoms with Crippen LogP contribution in [0.3, 0.4) is 0 Å². The van der Waals surface area contributed by atoms with E-state index in [1.807, 2.05) is 0 Å². The maximum absolute atomic E-state index is 12.9. The first-order chi connectivity index (χ1) is 6.74. The van der Waals surface area contributed by atoms with Crippen LogP contribution in [0.25, 0.3) is 0 Å². The summed E-state index contributed by atoms with van der Waals surface area (Å²) in [4.78, 5) is 0. The van der Waals surface area contributed by atoms with E-state index in [9.17, 15) is 4.39 Å². The number of hydrogen-bond acceptors (Lipinski definition) is 1. The Morgan fingerprint density at radius 3 is 2.79 bits per heavy atom. The third-order valence-electron chi connectivity index (χ3n) is 1.49. The monoisotopic (exact) mass is 234 g/mol. The minimum atomic E-state index is -0.481. The molecule has 0 aliphatic carbocycles. The van der Waals surface area contributed by atoms with Crippen molar-refractivity contribution in [3.05, 3.63) is 41.2 Å². The third-order valence-corrected chi connectivity index (χ3v) is 1.98. The fourth-order valence-corrected chi connectivity index (χ4v) is 1.09. The maximum Gasteiger partial charge on any atom is 0.145 e. The molecule has 0 aliphatic rings. The normalized spacial score (nSPS) is 10.8. The summed E-state index contributed by atoms with van der Waals surface area (Å²) in [6, 6.07) is 4.31. The van der Waals surface area contributed by atoms with Crippen LogP contribution in [0.1, 0.15) is 0 Å². The SMILES string of the molecule is Fc1cc(OC/C=C/CCl)ccc1Cl. The summed E-state index contributed by atoms with van der Waals surface area (Å²) in [6.45, 7) is 0.369. The lowest BCUT2D eigenvalue weighted by Gasteiger charge is -2.03. The van der Waals surface area contributed by atoms with Crippen molar-refractivity contribution < 1.29 is 9.13 Å². The van der Waals surface area contributed by atoms with Gasteiger partial charge in [-0.25, -0.2) is 4.39 Å². The lowest BCUT2D eigenvalue weighted by molar-refractivity contribution is 0.360. The summed E-state index contributed by atoms with van der Waals surface area (Å²) in [5.74, 6) is 0.412. The Morgan fingerprint density at radius 1 is 1.36 bits per heavy atom. The molecule has 0 saturated carbocycles. The van der Waals surface area contributed by atoms with Crippen molar-refractivity contribution in [2.75, 3.05) is 12.5 Å². The van der Waals surface area contributed by atoms with Gasteiger partial charge >= 0.3 is 0 Å². The third kappa shape index (κ3) is 3.56. The number of halogens is 3. The fraction of sp³-hybridized carbons (Fsp3) is 0.200. The summed E-state index contributed by atoms with van der Waals surface area (Å²) in [5.41, 5.74) is 0. The number of benzene rings is 1. The molecule has 1 nitrogen and oxygen atoms in total. The second kappa shape index (κ2) is 5.89. The van der Waals surface area contributed by atoms with Gasteiger partial charge in [0.15, 0.2) is 0 Å². The zero-order valence-electron chi connectivity index (χ0n) is 7.34. The summed E-state index contributed by atoms with van der Waals surface area (Å²) in [5, 5.41) is 0.0913. The van der Waals surface area contributed by atoms with Crippen LogP contribution in [0.4, 0.5) is 4.39 Å². The molecule has 4 heteroatoms. The van der Waals surface area contributed by atoms with Gasteiger partial charge in [0.25, 0.3) is 0 Å². The van der Waals surface area contributed by atoms with E-state index >= 15 is 0 Å². The fourth-order valence-electron chi connectivity index (χ4n) is 0.842. The number of hydrogen-bond donors (Lipinski definition) is 0. The molecule has 1 rings (SSSR count). The van der Waals surface area contributed by atoms with Gasteiger partial charge in [-0.05, 0) is 12.1 Å². The Bertz CT molecular complexity index is 326. The van der Waals surface area contributed by atoms with E-state index in [1.165, 1.54) is 12.1 Å². The molecule has 1 aromatic carbocycles. The number of allylic oxidation sites excluding steroid dienone is 1. The van der Waals surface area contributed by atoms with Crippen LogP contribution in [0.2, 0.25) is 5.02 Å². The maximum atomic E-state index is 12.9. The Morgan fingerprint density at radius 2 is 2.14 bits per heavy atom. The van der Waals surface area contributed by atoms with Gasteiger partial charge < -0.3 is 4.74 Å². The van der Waals surface area contributed by atoms with Crippen LogP contribution < -0.4 is 4.74 Å². The smallest absolute Gasteiger partial charge is 0.145 e. The molecule has 0 aliphatic heterocycles. The van der Waals surface area contributed by atoms with Crippen LogP contribution in [0.5, 0.6) is 5.75 Å². The minimum absolute atomic E-state index is 0.0913. The van der Waals surface area contributed by atoms with Gasteiger partial charge in [0.1, 0.15) is 18.2 Å². The molecule has 76 valence electrons. The predicted molar refractivity (Wildman–Crippen MR) is 56.8 cm³/mol. The average molecular weight is 235 g/mol. The molecule has 0 unspecified atom stereocenters. The van der Waals surface area contributed by atoms with Crippen molar-refractivity contribution in [3.63, 3.8) is 0 Å². The molecular formula is C10H9Cl2FO. The largest absolute Gasteiger partial charge is 0.489 e. The Balaban J connectivity index is 2.51. The van der Waals surface area contributed by atoms with Gasteiger partial charge in [-0.1, -0.05) is 23.8 Å². The Labute approximate surface area is 92.1 Å². The molecule has 14 heavy (non-hydrogen) atoms. The van der Waals surface area contributed by atoms with E-state index in [-0.39, 0.29) is 5.02 Å². The van der Waals surface area contributed by atoms with Crippen molar-refractivity contribution >= 4 is 23.2 Å². The van der Waals surface area contributed by atoms with Crippen LogP contribution >= 0.6 is 23.2 Å².